The first-order valence-electron chi connectivity index (χ1n) is 8.86. The number of pyridine rings is 2. The third-order valence-electron chi connectivity index (χ3n) is 4.49. The average Bonchev–Trinajstić information content (AvgIpc) is 3.39. The molecule has 1 aliphatic rings. The first-order chi connectivity index (χ1) is 14.1. The van der Waals surface area contributed by atoms with Gasteiger partial charge in [-0.1, -0.05) is 16.7 Å². The van der Waals surface area contributed by atoms with E-state index in [2.05, 4.69) is 20.5 Å². The number of nitrogens with one attached hydrogen (secondary N) is 1. The number of hydrogen-bond acceptors (Lipinski definition) is 8. The van der Waals surface area contributed by atoms with Gasteiger partial charge in [0.25, 0.3) is 5.91 Å². The van der Waals surface area contributed by atoms with Crippen LogP contribution in [0.5, 0.6) is 0 Å². The van der Waals surface area contributed by atoms with Gasteiger partial charge in [-0.2, -0.15) is 0 Å². The lowest BCUT2D eigenvalue weighted by atomic mass is 10.1. The average molecular weight is 456 g/mol. The van der Waals surface area contributed by atoms with E-state index in [1.165, 1.54) is 6.20 Å². The van der Waals surface area contributed by atoms with E-state index < -0.39 is 32.2 Å². The molecule has 0 radical (unpaired) electrons. The summed E-state index contributed by atoms with van der Waals surface area (Å²) < 4.78 is 43.3. The van der Waals surface area contributed by atoms with Gasteiger partial charge in [0.2, 0.25) is 21.2 Å². The van der Waals surface area contributed by atoms with Crippen LogP contribution in [0.1, 0.15) is 35.1 Å². The second-order valence-electron chi connectivity index (χ2n) is 6.88. The smallest absolute Gasteiger partial charge is 0.335 e. The highest BCUT2D eigenvalue weighted by molar-refractivity contribution is 7.90. The number of halogens is 2. The fraction of sp³-hybridized carbons (Fsp3) is 0.353. The quantitative estimate of drug-likeness (QED) is 0.549. The largest absolute Gasteiger partial charge is 0.412 e. The highest BCUT2D eigenvalue weighted by atomic mass is 35.5. The van der Waals surface area contributed by atoms with Crippen LogP contribution in [-0.2, 0) is 16.3 Å². The van der Waals surface area contributed by atoms with Gasteiger partial charge in [0.15, 0.2) is 11.0 Å². The Bertz CT molecular complexity index is 1330. The molecule has 30 heavy (non-hydrogen) atoms. The molecule has 0 bridgehead atoms. The highest BCUT2D eigenvalue weighted by Crippen LogP contribution is 2.36. The third kappa shape index (κ3) is 3.92. The molecule has 0 aromatic carbocycles. The minimum absolute atomic E-state index is 0.0123. The molecule has 1 aliphatic carbocycles. The van der Waals surface area contributed by atoms with Crippen molar-refractivity contribution in [2.45, 2.75) is 30.5 Å². The van der Waals surface area contributed by atoms with Gasteiger partial charge in [-0.3, -0.25) is 9.59 Å². The predicted molar refractivity (Wildman–Crippen MR) is 103 cm³/mol. The van der Waals surface area contributed by atoms with Gasteiger partial charge in [-0.05, 0) is 18.9 Å². The van der Waals surface area contributed by atoms with Crippen LogP contribution in [-0.4, -0.2) is 46.9 Å². The predicted octanol–water partition coefficient (Wildman–Crippen LogP) is 1.28. The molecular formula is C17H15ClFN5O5S. The summed E-state index contributed by atoms with van der Waals surface area (Å²) in [5, 5.41) is 8.67. The maximum atomic E-state index is 13.9. The summed E-state index contributed by atoms with van der Waals surface area (Å²) in [5.41, 5.74) is -0.607. The Morgan fingerprint density at radius 1 is 1.40 bits per heavy atom. The number of fused-ring (bicyclic) bond motifs is 1. The van der Waals surface area contributed by atoms with Gasteiger partial charge >= 0.3 is 5.22 Å². The maximum Gasteiger partial charge on any atom is 0.335 e. The summed E-state index contributed by atoms with van der Waals surface area (Å²) in [6.07, 6.45) is 4.07. The van der Waals surface area contributed by atoms with Gasteiger partial charge in [0, 0.05) is 31.5 Å². The van der Waals surface area contributed by atoms with Gasteiger partial charge in [-0.25, -0.2) is 17.8 Å². The van der Waals surface area contributed by atoms with Crippen LogP contribution in [0.2, 0.25) is 5.15 Å². The van der Waals surface area contributed by atoms with Crippen molar-refractivity contribution in [3.8, 4) is 0 Å². The normalized spacial score (nSPS) is 14.2. The number of aromatic nitrogens is 4. The molecule has 0 aliphatic heterocycles. The van der Waals surface area contributed by atoms with E-state index in [0.29, 0.717) is 0 Å². The van der Waals surface area contributed by atoms with Crippen molar-refractivity contribution in [2.24, 2.45) is 0 Å². The second kappa shape index (κ2) is 7.43. The van der Waals surface area contributed by atoms with Crippen molar-refractivity contribution in [1.29, 1.82) is 0 Å². The molecule has 1 amide bonds. The molecule has 0 atom stereocenters. The Labute approximate surface area is 174 Å². The van der Waals surface area contributed by atoms with E-state index in [1.807, 2.05) is 0 Å². The van der Waals surface area contributed by atoms with E-state index in [-0.39, 0.29) is 46.6 Å². The lowest BCUT2D eigenvalue weighted by molar-refractivity contribution is 0.0952. The fourth-order valence-corrected chi connectivity index (χ4v) is 3.46. The van der Waals surface area contributed by atoms with Gasteiger partial charge in [0.05, 0.1) is 5.39 Å². The molecule has 1 fully saturated rings. The zero-order chi connectivity index (χ0) is 21.6. The van der Waals surface area contributed by atoms with Crippen molar-refractivity contribution in [2.75, 3.05) is 12.8 Å². The summed E-state index contributed by atoms with van der Waals surface area (Å²) in [5.74, 6) is -1.50. The van der Waals surface area contributed by atoms with E-state index >= 15 is 0 Å². The van der Waals surface area contributed by atoms with E-state index in [4.69, 9.17) is 16.0 Å². The molecule has 0 unspecified atom stereocenters. The number of sulfone groups is 1. The monoisotopic (exact) mass is 455 g/mol. The van der Waals surface area contributed by atoms with Crippen LogP contribution in [0.3, 0.4) is 0 Å². The van der Waals surface area contributed by atoms with E-state index in [9.17, 15) is 22.4 Å². The standard InChI is InChI=1S/C17H15ClFN5O5S/c1-30(27,28)17-23-22-12(29-17)4-5-20-16(26)10-7-24(8-2-3-8)15-9(13(10)25)6-11(19)14(18)21-15/h6-8H,2-5H2,1H3,(H,20,26). The van der Waals surface area contributed by atoms with Crippen LogP contribution in [0, 0.1) is 5.82 Å². The van der Waals surface area contributed by atoms with Crippen LogP contribution in [0.4, 0.5) is 4.39 Å². The van der Waals surface area contributed by atoms with Gasteiger partial charge in [0.1, 0.15) is 11.2 Å². The van der Waals surface area contributed by atoms with E-state index in [0.717, 1.165) is 25.2 Å². The highest BCUT2D eigenvalue weighted by Gasteiger charge is 2.28. The summed E-state index contributed by atoms with van der Waals surface area (Å²) in [6.45, 7) is 0.0123. The van der Waals surface area contributed by atoms with Crippen LogP contribution >= 0.6 is 11.6 Å². The van der Waals surface area contributed by atoms with Crippen molar-refractivity contribution >= 4 is 38.4 Å². The SMILES string of the molecule is CS(=O)(=O)c1nnc(CCNC(=O)c2cn(C3CC3)c3nc(Cl)c(F)cc3c2=O)o1. The molecule has 0 saturated heterocycles. The lowest BCUT2D eigenvalue weighted by Crippen LogP contribution is -2.31. The molecule has 3 aromatic rings. The Morgan fingerprint density at radius 3 is 2.77 bits per heavy atom. The first kappa shape index (κ1) is 20.4. The Kier molecular flexibility index (Phi) is 5.06. The van der Waals surface area contributed by atoms with Crippen LogP contribution < -0.4 is 10.7 Å². The second-order valence-corrected chi connectivity index (χ2v) is 9.13. The van der Waals surface area contributed by atoms with Crippen molar-refractivity contribution < 1.29 is 22.0 Å². The summed E-state index contributed by atoms with van der Waals surface area (Å²) in [4.78, 5) is 29.3. The van der Waals surface area contributed by atoms with Gasteiger partial charge in [-0.15, -0.1) is 5.10 Å². The zero-order valence-corrected chi connectivity index (χ0v) is 17.1. The molecule has 1 N–H and O–H groups in total. The topological polar surface area (TPSA) is 137 Å². The Morgan fingerprint density at radius 2 is 2.13 bits per heavy atom. The number of hydrogen-bond donors (Lipinski definition) is 1. The minimum atomic E-state index is -3.62. The Balaban J connectivity index is 1.57. The van der Waals surface area contributed by atoms with Crippen molar-refractivity contribution in [3.63, 3.8) is 0 Å². The summed E-state index contributed by atoms with van der Waals surface area (Å²) >= 11 is 5.76. The molecule has 4 rings (SSSR count). The molecule has 1 saturated carbocycles. The third-order valence-corrected chi connectivity index (χ3v) is 5.55. The zero-order valence-electron chi connectivity index (χ0n) is 15.6. The van der Waals surface area contributed by atoms with Crippen molar-refractivity contribution in [3.05, 3.63) is 44.9 Å². The summed E-state index contributed by atoms with van der Waals surface area (Å²) in [7, 11) is -3.62. The maximum absolute atomic E-state index is 13.9. The number of carbonyl (C=O) groups excluding carboxylic acids is 1. The van der Waals surface area contributed by atoms with Gasteiger partial charge < -0.3 is 14.3 Å². The minimum Gasteiger partial charge on any atom is -0.412 e. The fourth-order valence-electron chi connectivity index (χ4n) is 2.89. The molecule has 13 heteroatoms. The molecule has 3 heterocycles. The molecular weight excluding hydrogens is 441 g/mol. The Hall–Kier alpha value is -2.86. The number of amides is 1. The van der Waals surface area contributed by atoms with E-state index in [1.54, 1.807) is 4.57 Å². The van der Waals surface area contributed by atoms with Crippen LogP contribution in [0.15, 0.2) is 26.7 Å². The number of carbonyl (C=O) groups is 1. The van der Waals surface area contributed by atoms with Crippen molar-refractivity contribution in [1.82, 2.24) is 25.1 Å². The van der Waals surface area contributed by atoms with Crippen LogP contribution in [0.25, 0.3) is 11.0 Å². The molecule has 0 spiro atoms. The molecule has 158 valence electrons. The first-order valence-corrected chi connectivity index (χ1v) is 11.1. The number of nitrogens with zero attached hydrogens (tertiary/aromatic N) is 4. The summed E-state index contributed by atoms with van der Waals surface area (Å²) in [6, 6.07) is 1.04. The lowest BCUT2D eigenvalue weighted by Gasteiger charge is -2.12. The number of rotatable bonds is 6. The molecule has 3 aromatic heterocycles. The molecule has 10 nitrogen and oxygen atoms in total.